The van der Waals surface area contributed by atoms with E-state index in [1.54, 1.807) is 14.2 Å². The smallest absolute Gasteiger partial charge is 0.252 e. The Balaban J connectivity index is 1.60. The normalized spacial score (nSPS) is 14.8. The van der Waals surface area contributed by atoms with Crippen LogP contribution in [0.4, 0.5) is 5.13 Å². The van der Waals surface area contributed by atoms with Crippen molar-refractivity contribution in [2.24, 2.45) is 0 Å². The van der Waals surface area contributed by atoms with Gasteiger partial charge in [-0.1, -0.05) is 19.3 Å². The van der Waals surface area contributed by atoms with Gasteiger partial charge in [-0.3, -0.25) is 10.1 Å². The average molecular weight is 376 g/mol. The molecule has 1 amide bonds. The Labute approximate surface area is 157 Å². The maximum absolute atomic E-state index is 12.1. The molecule has 3 rings (SSSR count). The van der Waals surface area contributed by atoms with E-state index < -0.39 is 0 Å². The third kappa shape index (κ3) is 4.74. The van der Waals surface area contributed by atoms with Gasteiger partial charge in [-0.2, -0.15) is 0 Å². The molecule has 1 aromatic carbocycles. The Bertz CT molecular complexity index is 741. The Hall–Kier alpha value is -2.12. The molecule has 1 saturated carbocycles. The van der Waals surface area contributed by atoms with Crippen molar-refractivity contribution >= 4 is 22.4 Å². The van der Waals surface area contributed by atoms with Crippen LogP contribution in [-0.2, 0) is 9.53 Å². The number of hydrogen-bond acceptors (Lipinski definition) is 6. The van der Waals surface area contributed by atoms with Crippen molar-refractivity contribution in [3.05, 3.63) is 23.6 Å². The van der Waals surface area contributed by atoms with Crippen molar-refractivity contribution < 1.29 is 19.0 Å². The molecule has 0 atom stereocenters. The van der Waals surface area contributed by atoms with Crippen LogP contribution in [-0.4, -0.2) is 37.8 Å². The zero-order valence-electron chi connectivity index (χ0n) is 15.1. The van der Waals surface area contributed by atoms with E-state index in [2.05, 4.69) is 10.3 Å². The minimum absolute atomic E-state index is 0.0748. The van der Waals surface area contributed by atoms with Crippen LogP contribution < -0.4 is 14.8 Å². The fraction of sp³-hybridized carbons (Fsp3) is 0.474. The molecule has 0 radical (unpaired) electrons. The summed E-state index contributed by atoms with van der Waals surface area (Å²) in [6.45, 7) is 0.0748. The molecule has 0 bridgehead atoms. The van der Waals surface area contributed by atoms with Crippen LogP contribution in [0.5, 0.6) is 11.5 Å². The van der Waals surface area contributed by atoms with E-state index in [9.17, 15) is 4.79 Å². The predicted octanol–water partition coefficient (Wildman–Crippen LogP) is 4.12. The van der Waals surface area contributed by atoms with Crippen molar-refractivity contribution in [3.63, 3.8) is 0 Å². The van der Waals surface area contributed by atoms with Gasteiger partial charge in [-0.25, -0.2) is 4.98 Å². The Morgan fingerprint density at radius 2 is 2.04 bits per heavy atom. The highest BCUT2D eigenvalue weighted by molar-refractivity contribution is 7.14. The second-order valence-electron chi connectivity index (χ2n) is 6.22. The lowest BCUT2D eigenvalue weighted by molar-refractivity contribution is -0.123. The summed E-state index contributed by atoms with van der Waals surface area (Å²) >= 11 is 1.38. The Kier molecular flexibility index (Phi) is 6.46. The number of ether oxygens (including phenoxy) is 3. The molecule has 140 valence electrons. The first-order valence-corrected chi connectivity index (χ1v) is 9.67. The Morgan fingerprint density at radius 3 is 2.77 bits per heavy atom. The number of anilines is 1. The van der Waals surface area contributed by atoms with Crippen molar-refractivity contribution in [2.45, 2.75) is 38.2 Å². The number of carbonyl (C=O) groups is 1. The second kappa shape index (κ2) is 9.00. The molecule has 1 heterocycles. The predicted molar refractivity (Wildman–Crippen MR) is 102 cm³/mol. The lowest BCUT2D eigenvalue weighted by Gasteiger charge is -2.21. The number of thiazole rings is 1. The van der Waals surface area contributed by atoms with Crippen molar-refractivity contribution in [3.8, 4) is 22.8 Å². The number of carbonyl (C=O) groups excluding carboxylic acids is 1. The van der Waals surface area contributed by atoms with Crippen molar-refractivity contribution in [1.82, 2.24) is 4.98 Å². The number of benzene rings is 1. The third-order valence-corrected chi connectivity index (χ3v) is 5.20. The molecule has 1 fully saturated rings. The molecule has 2 aromatic rings. The van der Waals surface area contributed by atoms with Crippen LogP contribution in [0.15, 0.2) is 23.6 Å². The summed E-state index contributed by atoms with van der Waals surface area (Å²) in [5.74, 6) is 1.22. The van der Waals surface area contributed by atoms with Gasteiger partial charge in [0.05, 0.1) is 26.0 Å². The first kappa shape index (κ1) is 18.7. The van der Waals surface area contributed by atoms with E-state index in [1.807, 2.05) is 23.6 Å². The van der Waals surface area contributed by atoms with E-state index in [4.69, 9.17) is 14.2 Å². The molecular weight excluding hydrogens is 352 g/mol. The summed E-state index contributed by atoms with van der Waals surface area (Å²) in [4.78, 5) is 16.6. The van der Waals surface area contributed by atoms with Gasteiger partial charge in [-0.15, -0.1) is 11.3 Å². The van der Waals surface area contributed by atoms with Gasteiger partial charge in [0, 0.05) is 17.0 Å². The fourth-order valence-electron chi connectivity index (χ4n) is 3.05. The number of methoxy groups -OCH3 is 2. The highest BCUT2D eigenvalue weighted by Crippen LogP contribution is 2.34. The van der Waals surface area contributed by atoms with E-state index in [1.165, 1.54) is 30.6 Å². The molecule has 1 aliphatic rings. The molecule has 1 N–H and O–H groups in total. The molecule has 1 aromatic heterocycles. The van der Waals surface area contributed by atoms with E-state index in [0.29, 0.717) is 16.6 Å². The molecule has 0 unspecified atom stereocenters. The summed E-state index contributed by atoms with van der Waals surface area (Å²) in [5.41, 5.74) is 1.60. The Morgan fingerprint density at radius 1 is 1.23 bits per heavy atom. The van der Waals surface area contributed by atoms with Crippen LogP contribution >= 0.6 is 11.3 Å². The number of nitrogens with zero attached hydrogens (tertiary/aromatic N) is 1. The second-order valence-corrected chi connectivity index (χ2v) is 7.08. The summed E-state index contributed by atoms with van der Waals surface area (Å²) in [6.07, 6.45) is 5.95. The summed E-state index contributed by atoms with van der Waals surface area (Å²) in [6, 6.07) is 5.56. The molecule has 1 aliphatic carbocycles. The molecule has 26 heavy (non-hydrogen) atoms. The molecule has 0 aliphatic heterocycles. The SMILES string of the molecule is COc1ccc(-c2csc(NC(=O)COC3CCCCC3)n2)c(OC)c1. The van der Waals surface area contributed by atoms with E-state index >= 15 is 0 Å². The van der Waals surface area contributed by atoms with Crippen LogP contribution in [0.2, 0.25) is 0 Å². The fourth-order valence-corrected chi connectivity index (χ4v) is 3.77. The molecule has 0 saturated heterocycles. The minimum Gasteiger partial charge on any atom is -0.497 e. The first-order valence-electron chi connectivity index (χ1n) is 8.79. The standard InChI is InChI=1S/C19H24N2O4S/c1-23-14-8-9-15(17(10-14)24-2)16-12-26-19(20-16)21-18(22)11-25-13-6-4-3-5-7-13/h8-10,12-13H,3-7,11H2,1-2H3,(H,20,21,22). The lowest BCUT2D eigenvalue weighted by Crippen LogP contribution is -2.24. The largest absolute Gasteiger partial charge is 0.497 e. The zero-order chi connectivity index (χ0) is 18.4. The molecular formula is C19H24N2O4S. The minimum atomic E-state index is -0.168. The number of amides is 1. The third-order valence-electron chi connectivity index (χ3n) is 4.44. The highest BCUT2D eigenvalue weighted by atomic mass is 32.1. The maximum Gasteiger partial charge on any atom is 0.252 e. The maximum atomic E-state index is 12.1. The van der Waals surface area contributed by atoms with Crippen molar-refractivity contribution in [2.75, 3.05) is 26.1 Å². The zero-order valence-corrected chi connectivity index (χ0v) is 15.9. The van der Waals surface area contributed by atoms with Gasteiger partial charge >= 0.3 is 0 Å². The lowest BCUT2D eigenvalue weighted by atomic mass is 9.98. The summed E-state index contributed by atoms with van der Waals surface area (Å²) in [7, 11) is 3.22. The van der Waals surface area contributed by atoms with Gasteiger partial charge in [0.2, 0.25) is 0 Å². The van der Waals surface area contributed by atoms with E-state index in [-0.39, 0.29) is 18.6 Å². The van der Waals surface area contributed by atoms with Crippen LogP contribution in [0.1, 0.15) is 32.1 Å². The quantitative estimate of drug-likeness (QED) is 0.787. The molecule has 7 heteroatoms. The number of nitrogens with one attached hydrogen (secondary N) is 1. The topological polar surface area (TPSA) is 69.7 Å². The average Bonchev–Trinajstić information content (AvgIpc) is 3.14. The summed E-state index contributed by atoms with van der Waals surface area (Å²) in [5, 5.41) is 5.25. The van der Waals surface area contributed by atoms with Gasteiger partial charge in [0.25, 0.3) is 5.91 Å². The van der Waals surface area contributed by atoms with Crippen LogP contribution in [0.25, 0.3) is 11.3 Å². The van der Waals surface area contributed by atoms with Crippen molar-refractivity contribution in [1.29, 1.82) is 0 Å². The number of aromatic nitrogens is 1. The molecule has 0 spiro atoms. The van der Waals surface area contributed by atoms with E-state index in [0.717, 1.165) is 24.1 Å². The molecule has 6 nitrogen and oxygen atoms in total. The number of hydrogen-bond donors (Lipinski definition) is 1. The van der Waals surface area contributed by atoms with Gasteiger partial charge in [-0.05, 0) is 25.0 Å². The number of rotatable bonds is 7. The monoisotopic (exact) mass is 376 g/mol. The first-order chi connectivity index (χ1) is 12.7. The van der Waals surface area contributed by atoms with Gasteiger partial charge in [0.1, 0.15) is 18.1 Å². The van der Waals surface area contributed by atoms with Crippen LogP contribution in [0, 0.1) is 0 Å². The summed E-state index contributed by atoms with van der Waals surface area (Å²) < 4.78 is 16.3. The van der Waals surface area contributed by atoms with Crippen LogP contribution in [0.3, 0.4) is 0 Å². The highest BCUT2D eigenvalue weighted by Gasteiger charge is 2.16. The van der Waals surface area contributed by atoms with Gasteiger partial charge in [0.15, 0.2) is 5.13 Å². The van der Waals surface area contributed by atoms with Gasteiger partial charge < -0.3 is 14.2 Å².